The molecule has 3 aliphatic rings. The number of likely N-dealkylation sites (tertiary alicyclic amines) is 1. The predicted molar refractivity (Wildman–Crippen MR) is 111 cm³/mol. The first kappa shape index (κ1) is 18.8. The smallest absolute Gasteiger partial charge is 0.265 e. The molecule has 7 nitrogen and oxygen atoms in total. The largest absolute Gasteiger partial charge is 0.370 e. The maximum atomic E-state index is 12.8. The van der Waals surface area contributed by atoms with Crippen molar-refractivity contribution in [3.8, 4) is 0 Å². The van der Waals surface area contributed by atoms with Crippen LogP contribution in [-0.2, 0) is 4.74 Å². The summed E-state index contributed by atoms with van der Waals surface area (Å²) in [6.07, 6.45) is 2.14. The number of ether oxygens (including phenoxy) is 1. The van der Waals surface area contributed by atoms with Crippen LogP contribution in [0.3, 0.4) is 0 Å². The molecule has 0 aliphatic carbocycles. The Labute approximate surface area is 177 Å². The van der Waals surface area contributed by atoms with Crippen molar-refractivity contribution in [1.29, 1.82) is 0 Å². The number of nitrogens with one attached hydrogen (secondary N) is 2. The molecule has 0 bridgehead atoms. The number of hydrogen-bond acceptors (Lipinski definition) is 6. The van der Waals surface area contributed by atoms with E-state index < -0.39 is 5.66 Å². The number of nitrogens with zero attached hydrogens (tertiary/aromatic N) is 2. The summed E-state index contributed by atoms with van der Waals surface area (Å²) >= 11 is 7.41. The SMILES string of the molecule is Cc1ncsc1C(=O)N1CCC2(CC1)CC1(CO2)NC(=O)c2cc(Cl)ccc2N1. The molecule has 5 rings (SSSR count). The van der Waals surface area contributed by atoms with Gasteiger partial charge in [-0.1, -0.05) is 11.6 Å². The highest BCUT2D eigenvalue weighted by atomic mass is 35.5. The Bertz CT molecular complexity index is 1000. The van der Waals surface area contributed by atoms with E-state index in [4.69, 9.17) is 16.3 Å². The van der Waals surface area contributed by atoms with Crippen LogP contribution in [0.25, 0.3) is 0 Å². The van der Waals surface area contributed by atoms with Crippen molar-refractivity contribution in [3.05, 3.63) is 44.9 Å². The number of carbonyl (C=O) groups excluding carboxylic acids is 2. The highest BCUT2D eigenvalue weighted by Crippen LogP contribution is 2.43. The maximum Gasteiger partial charge on any atom is 0.265 e. The number of hydrogen-bond donors (Lipinski definition) is 2. The Kier molecular flexibility index (Phi) is 4.34. The van der Waals surface area contributed by atoms with Gasteiger partial charge in [0, 0.05) is 30.2 Å². The molecule has 29 heavy (non-hydrogen) atoms. The molecule has 0 saturated carbocycles. The average molecular weight is 433 g/mol. The molecule has 4 heterocycles. The lowest BCUT2D eigenvalue weighted by Gasteiger charge is -2.41. The van der Waals surface area contributed by atoms with Crippen molar-refractivity contribution < 1.29 is 14.3 Å². The van der Waals surface area contributed by atoms with Gasteiger partial charge in [0.05, 0.1) is 29.0 Å². The number of amides is 2. The summed E-state index contributed by atoms with van der Waals surface area (Å²) in [7, 11) is 0. The minimum atomic E-state index is -0.627. The van der Waals surface area contributed by atoms with Crippen molar-refractivity contribution in [2.45, 2.75) is 37.5 Å². The van der Waals surface area contributed by atoms with Crippen LogP contribution in [0.5, 0.6) is 0 Å². The number of fused-ring (bicyclic) bond motifs is 1. The van der Waals surface area contributed by atoms with Crippen LogP contribution in [-0.4, -0.2) is 52.7 Å². The van der Waals surface area contributed by atoms with E-state index in [0.717, 1.165) is 24.2 Å². The normalized spacial score (nSPS) is 25.0. The van der Waals surface area contributed by atoms with Crippen LogP contribution >= 0.6 is 22.9 Å². The molecule has 2 aromatic rings. The van der Waals surface area contributed by atoms with Crippen molar-refractivity contribution >= 4 is 40.4 Å². The van der Waals surface area contributed by atoms with Gasteiger partial charge in [-0.3, -0.25) is 9.59 Å². The zero-order chi connectivity index (χ0) is 20.2. The van der Waals surface area contributed by atoms with Crippen molar-refractivity contribution in [3.63, 3.8) is 0 Å². The number of carbonyl (C=O) groups is 2. The van der Waals surface area contributed by atoms with Gasteiger partial charge in [0.15, 0.2) is 0 Å². The molecule has 1 atom stereocenters. The summed E-state index contributed by atoms with van der Waals surface area (Å²) in [5, 5.41) is 7.08. The third-order valence-corrected chi connectivity index (χ3v) is 7.25. The molecular formula is C20H21ClN4O3S. The monoisotopic (exact) mass is 432 g/mol. The molecule has 152 valence electrons. The average Bonchev–Trinajstić information content (AvgIpc) is 3.27. The topological polar surface area (TPSA) is 83.6 Å². The molecule has 2 spiro atoms. The summed E-state index contributed by atoms with van der Waals surface area (Å²) in [6, 6.07) is 5.28. The Hall–Kier alpha value is -2.16. The van der Waals surface area contributed by atoms with Gasteiger partial charge < -0.3 is 20.3 Å². The van der Waals surface area contributed by atoms with Crippen LogP contribution in [0.15, 0.2) is 23.7 Å². The summed E-state index contributed by atoms with van der Waals surface area (Å²) in [4.78, 5) is 32.2. The first-order valence-corrected chi connectivity index (χ1v) is 10.9. The lowest BCUT2D eigenvalue weighted by atomic mass is 9.84. The number of thiazole rings is 1. The van der Waals surface area contributed by atoms with Crippen LogP contribution in [0.2, 0.25) is 5.02 Å². The number of aryl methyl sites for hydroxylation is 1. The van der Waals surface area contributed by atoms with Gasteiger partial charge in [0.1, 0.15) is 10.5 Å². The van der Waals surface area contributed by atoms with Crippen molar-refractivity contribution in [2.24, 2.45) is 0 Å². The molecule has 2 N–H and O–H groups in total. The Morgan fingerprint density at radius 2 is 2.10 bits per heavy atom. The van der Waals surface area contributed by atoms with E-state index in [0.29, 0.717) is 41.6 Å². The Morgan fingerprint density at radius 3 is 2.83 bits per heavy atom. The van der Waals surface area contributed by atoms with Gasteiger partial charge in [-0.05, 0) is 38.0 Å². The molecule has 2 amide bonds. The summed E-state index contributed by atoms with van der Waals surface area (Å²) < 4.78 is 6.25. The van der Waals surface area contributed by atoms with Gasteiger partial charge in [0.2, 0.25) is 0 Å². The van der Waals surface area contributed by atoms with Gasteiger partial charge in [-0.15, -0.1) is 11.3 Å². The lowest BCUT2D eigenvalue weighted by Crippen LogP contribution is -2.59. The molecule has 2 saturated heterocycles. The number of benzene rings is 1. The first-order chi connectivity index (χ1) is 13.9. The zero-order valence-electron chi connectivity index (χ0n) is 16.0. The number of piperidine rings is 1. The van der Waals surface area contributed by atoms with Crippen LogP contribution in [0.1, 0.15) is 45.0 Å². The highest BCUT2D eigenvalue weighted by molar-refractivity contribution is 7.11. The second kappa shape index (κ2) is 6.68. The van der Waals surface area contributed by atoms with E-state index in [-0.39, 0.29) is 17.4 Å². The van der Waals surface area contributed by atoms with E-state index in [1.165, 1.54) is 11.3 Å². The standard InChI is InChI=1S/C20H21ClN4O3S/c1-12-16(29-11-22-12)18(27)25-6-4-19(5-7-25)9-20(10-28-19)23-15-3-2-13(21)8-14(15)17(26)24-20/h2-3,8,11,23H,4-7,9-10H2,1H3,(H,24,26). The lowest BCUT2D eigenvalue weighted by molar-refractivity contribution is -0.0392. The predicted octanol–water partition coefficient (Wildman–Crippen LogP) is 3.05. The molecule has 2 fully saturated rings. The zero-order valence-corrected chi connectivity index (χ0v) is 17.5. The van der Waals surface area contributed by atoms with Gasteiger partial charge in [0.25, 0.3) is 11.8 Å². The van der Waals surface area contributed by atoms with Crippen LogP contribution < -0.4 is 10.6 Å². The molecule has 9 heteroatoms. The highest BCUT2D eigenvalue weighted by Gasteiger charge is 2.53. The fourth-order valence-electron chi connectivity index (χ4n) is 4.57. The van der Waals surface area contributed by atoms with E-state index in [2.05, 4.69) is 15.6 Å². The number of halogens is 1. The number of aromatic nitrogens is 1. The summed E-state index contributed by atoms with van der Waals surface area (Å²) in [5.41, 5.74) is 2.84. The quantitative estimate of drug-likeness (QED) is 0.723. The second-order valence-electron chi connectivity index (χ2n) is 8.06. The van der Waals surface area contributed by atoms with Crippen LogP contribution in [0, 0.1) is 6.92 Å². The summed E-state index contributed by atoms with van der Waals surface area (Å²) in [5.74, 6) is -0.0994. The van der Waals surface area contributed by atoms with Crippen LogP contribution in [0.4, 0.5) is 5.69 Å². The van der Waals surface area contributed by atoms with Crippen molar-refractivity contribution in [2.75, 3.05) is 25.0 Å². The third kappa shape index (κ3) is 3.19. The Morgan fingerprint density at radius 1 is 1.31 bits per heavy atom. The molecule has 1 unspecified atom stereocenters. The van der Waals surface area contributed by atoms with Gasteiger partial charge in [-0.25, -0.2) is 4.98 Å². The summed E-state index contributed by atoms with van der Waals surface area (Å²) in [6.45, 7) is 3.52. The third-order valence-electron chi connectivity index (χ3n) is 6.10. The van der Waals surface area contributed by atoms with E-state index in [1.54, 1.807) is 17.6 Å². The molecule has 0 radical (unpaired) electrons. The molecular weight excluding hydrogens is 412 g/mol. The van der Waals surface area contributed by atoms with E-state index in [1.807, 2.05) is 17.9 Å². The maximum absolute atomic E-state index is 12.8. The van der Waals surface area contributed by atoms with E-state index in [9.17, 15) is 9.59 Å². The Balaban J connectivity index is 1.29. The minimum Gasteiger partial charge on any atom is -0.370 e. The molecule has 1 aromatic carbocycles. The fraction of sp³-hybridized carbons (Fsp3) is 0.450. The first-order valence-electron chi connectivity index (χ1n) is 9.62. The second-order valence-corrected chi connectivity index (χ2v) is 9.35. The minimum absolute atomic E-state index is 0.0439. The van der Waals surface area contributed by atoms with Gasteiger partial charge >= 0.3 is 0 Å². The fourth-order valence-corrected chi connectivity index (χ4v) is 5.51. The van der Waals surface area contributed by atoms with E-state index >= 15 is 0 Å². The molecule has 1 aromatic heterocycles. The number of rotatable bonds is 1. The molecule has 3 aliphatic heterocycles. The number of anilines is 1. The van der Waals surface area contributed by atoms with Gasteiger partial charge in [-0.2, -0.15) is 0 Å². The van der Waals surface area contributed by atoms with Crippen molar-refractivity contribution in [1.82, 2.24) is 15.2 Å².